The second kappa shape index (κ2) is 5.16. The lowest BCUT2D eigenvalue weighted by atomic mass is 10.1. The van der Waals surface area contributed by atoms with Crippen molar-refractivity contribution in [2.45, 2.75) is 25.4 Å². The number of ether oxygens (including phenoxy) is 1. The molecule has 0 aromatic carbocycles. The summed E-state index contributed by atoms with van der Waals surface area (Å²) in [5.74, 6) is 1.76. The van der Waals surface area contributed by atoms with Gasteiger partial charge in [-0.25, -0.2) is 4.98 Å². The average molecular weight is 309 g/mol. The maximum atomic E-state index is 6.05. The van der Waals surface area contributed by atoms with Crippen LogP contribution in [0.4, 0.5) is 5.82 Å². The third kappa shape index (κ3) is 2.34. The Balaban J connectivity index is 1.48. The molecule has 4 heterocycles. The molecular formula is C17H19N5O. The number of nitrogens with zero attached hydrogens (tertiary/aromatic N) is 4. The molecule has 6 heteroatoms. The molecule has 6 nitrogen and oxygen atoms in total. The van der Waals surface area contributed by atoms with E-state index in [9.17, 15) is 0 Å². The van der Waals surface area contributed by atoms with Crippen LogP contribution in [0, 0.1) is 5.92 Å². The maximum absolute atomic E-state index is 6.05. The van der Waals surface area contributed by atoms with E-state index in [1.54, 1.807) is 6.20 Å². The van der Waals surface area contributed by atoms with E-state index in [0.29, 0.717) is 6.10 Å². The van der Waals surface area contributed by atoms with Crippen LogP contribution in [-0.4, -0.2) is 46.0 Å². The van der Waals surface area contributed by atoms with Gasteiger partial charge in [0.15, 0.2) is 5.82 Å². The van der Waals surface area contributed by atoms with Crippen molar-refractivity contribution in [3.05, 3.63) is 24.7 Å². The molecule has 1 saturated heterocycles. The molecule has 118 valence electrons. The monoisotopic (exact) mass is 309 g/mol. The number of hydrogen-bond acceptors (Lipinski definition) is 5. The molecule has 1 aliphatic carbocycles. The molecule has 2 aliphatic rings. The highest BCUT2D eigenvalue weighted by Gasteiger charge is 2.29. The fraction of sp³-hybridized carbons (Fsp3) is 0.471. The van der Waals surface area contributed by atoms with E-state index in [-0.39, 0.29) is 0 Å². The Bertz CT molecular complexity index is 856. The Kier molecular flexibility index (Phi) is 2.97. The standard InChI is InChI=1S/C17H19N5O/c1-2-11(1)10-23-13-4-6-22(9-13)17-15-12(8-20-21-17)7-19-16-14(15)3-5-18-16/h3,5,7-8,11,13H,1-2,4,6,9-10H2,(H,18,19). The number of nitrogens with one attached hydrogen (secondary N) is 1. The van der Waals surface area contributed by atoms with Crippen molar-refractivity contribution in [1.82, 2.24) is 20.2 Å². The third-order valence-electron chi connectivity index (χ3n) is 4.90. The predicted octanol–water partition coefficient (Wildman–Crippen LogP) is 2.51. The summed E-state index contributed by atoms with van der Waals surface area (Å²) in [6, 6.07) is 2.06. The number of rotatable bonds is 4. The van der Waals surface area contributed by atoms with Crippen LogP contribution in [0.25, 0.3) is 21.8 Å². The summed E-state index contributed by atoms with van der Waals surface area (Å²) in [6.45, 7) is 2.79. The number of anilines is 1. The molecule has 23 heavy (non-hydrogen) atoms. The van der Waals surface area contributed by atoms with Gasteiger partial charge in [0.2, 0.25) is 0 Å². The number of hydrogen-bond donors (Lipinski definition) is 1. The van der Waals surface area contributed by atoms with Gasteiger partial charge < -0.3 is 14.6 Å². The van der Waals surface area contributed by atoms with Crippen molar-refractivity contribution in [1.29, 1.82) is 0 Å². The van der Waals surface area contributed by atoms with E-state index in [4.69, 9.17) is 4.74 Å². The van der Waals surface area contributed by atoms with Crippen LogP contribution in [0.15, 0.2) is 24.7 Å². The Morgan fingerprint density at radius 1 is 1.26 bits per heavy atom. The first-order chi connectivity index (χ1) is 11.4. The molecule has 2 fully saturated rings. The quantitative estimate of drug-likeness (QED) is 0.802. The summed E-state index contributed by atoms with van der Waals surface area (Å²) < 4.78 is 6.05. The van der Waals surface area contributed by atoms with Gasteiger partial charge >= 0.3 is 0 Å². The zero-order valence-electron chi connectivity index (χ0n) is 12.9. The molecule has 1 atom stereocenters. The largest absolute Gasteiger partial charge is 0.376 e. The molecule has 1 aliphatic heterocycles. The highest BCUT2D eigenvalue weighted by atomic mass is 16.5. The zero-order valence-corrected chi connectivity index (χ0v) is 12.9. The SMILES string of the molecule is c1cc2c(ncc3cnnc(N4CCC(OCC5CC5)C4)c32)[nH]1. The van der Waals surface area contributed by atoms with Crippen LogP contribution in [0.1, 0.15) is 19.3 Å². The minimum absolute atomic E-state index is 0.316. The summed E-state index contributed by atoms with van der Waals surface area (Å²) in [7, 11) is 0. The van der Waals surface area contributed by atoms with E-state index < -0.39 is 0 Å². The Morgan fingerprint density at radius 3 is 3.13 bits per heavy atom. The minimum Gasteiger partial charge on any atom is -0.376 e. The van der Waals surface area contributed by atoms with Gasteiger partial charge in [0.05, 0.1) is 12.3 Å². The first-order valence-corrected chi connectivity index (χ1v) is 8.32. The van der Waals surface area contributed by atoms with Crippen LogP contribution in [0.3, 0.4) is 0 Å². The summed E-state index contributed by atoms with van der Waals surface area (Å²) in [6.07, 6.45) is 9.63. The van der Waals surface area contributed by atoms with E-state index in [0.717, 1.165) is 59.7 Å². The van der Waals surface area contributed by atoms with Crippen molar-refractivity contribution in [3.8, 4) is 0 Å². The Morgan fingerprint density at radius 2 is 2.22 bits per heavy atom. The van der Waals surface area contributed by atoms with Gasteiger partial charge in [0.1, 0.15) is 5.65 Å². The molecule has 3 aromatic heterocycles. The van der Waals surface area contributed by atoms with E-state index in [1.165, 1.54) is 12.8 Å². The number of aromatic nitrogens is 4. The van der Waals surface area contributed by atoms with Crippen LogP contribution >= 0.6 is 0 Å². The van der Waals surface area contributed by atoms with Crippen LogP contribution < -0.4 is 4.90 Å². The van der Waals surface area contributed by atoms with Crippen molar-refractivity contribution < 1.29 is 4.74 Å². The second-order valence-electron chi connectivity index (χ2n) is 6.63. The molecule has 0 radical (unpaired) electrons. The summed E-state index contributed by atoms with van der Waals surface area (Å²) >= 11 is 0. The summed E-state index contributed by atoms with van der Waals surface area (Å²) in [5, 5.41) is 11.9. The van der Waals surface area contributed by atoms with Crippen molar-refractivity contribution in [3.63, 3.8) is 0 Å². The van der Waals surface area contributed by atoms with Gasteiger partial charge in [-0.2, -0.15) is 5.10 Å². The highest BCUT2D eigenvalue weighted by Crippen LogP contribution is 2.33. The first kappa shape index (κ1) is 13.2. The number of aromatic amines is 1. The lowest BCUT2D eigenvalue weighted by Crippen LogP contribution is -2.24. The lowest BCUT2D eigenvalue weighted by molar-refractivity contribution is 0.0605. The number of fused-ring (bicyclic) bond motifs is 3. The van der Waals surface area contributed by atoms with Gasteiger partial charge in [0, 0.05) is 48.2 Å². The number of H-pyrrole nitrogens is 1. The van der Waals surface area contributed by atoms with Crippen LogP contribution in [0.2, 0.25) is 0 Å². The molecule has 0 amide bonds. The molecule has 1 saturated carbocycles. The minimum atomic E-state index is 0.316. The number of pyridine rings is 1. The average Bonchev–Trinajstić information content (AvgIpc) is 3.10. The summed E-state index contributed by atoms with van der Waals surface area (Å²) in [4.78, 5) is 9.92. The molecule has 1 unspecified atom stereocenters. The van der Waals surface area contributed by atoms with Crippen molar-refractivity contribution in [2.75, 3.05) is 24.6 Å². The molecule has 5 rings (SSSR count). The normalized spacial score (nSPS) is 21.6. The highest BCUT2D eigenvalue weighted by molar-refractivity contribution is 6.09. The van der Waals surface area contributed by atoms with Crippen molar-refractivity contribution >= 4 is 27.6 Å². The third-order valence-corrected chi connectivity index (χ3v) is 4.90. The van der Waals surface area contributed by atoms with E-state index in [1.807, 2.05) is 12.4 Å². The van der Waals surface area contributed by atoms with Gasteiger partial charge in [-0.3, -0.25) is 0 Å². The van der Waals surface area contributed by atoms with Gasteiger partial charge in [0.25, 0.3) is 0 Å². The fourth-order valence-electron chi connectivity index (χ4n) is 3.40. The lowest BCUT2D eigenvalue weighted by Gasteiger charge is -2.19. The zero-order chi connectivity index (χ0) is 15.2. The smallest absolute Gasteiger partial charge is 0.160 e. The predicted molar refractivity (Wildman–Crippen MR) is 88.5 cm³/mol. The first-order valence-electron chi connectivity index (χ1n) is 8.32. The molecule has 1 N–H and O–H groups in total. The fourth-order valence-corrected chi connectivity index (χ4v) is 3.40. The van der Waals surface area contributed by atoms with Gasteiger partial charge in [-0.1, -0.05) is 0 Å². The molecular weight excluding hydrogens is 290 g/mol. The molecule has 0 spiro atoms. The van der Waals surface area contributed by atoms with Crippen molar-refractivity contribution in [2.24, 2.45) is 5.92 Å². The van der Waals surface area contributed by atoms with E-state index >= 15 is 0 Å². The second-order valence-corrected chi connectivity index (χ2v) is 6.63. The maximum Gasteiger partial charge on any atom is 0.160 e. The van der Waals surface area contributed by atoms with E-state index in [2.05, 4.69) is 31.1 Å². The van der Waals surface area contributed by atoms with Crippen LogP contribution in [-0.2, 0) is 4.74 Å². The Hall–Kier alpha value is -2.21. The Labute approximate surface area is 133 Å². The molecule has 0 bridgehead atoms. The summed E-state index contributed by atoms with van der Waals surface area (Å²) in [5.41, 5.74) is 0.896. The topological polar surface area (TPSA) is 66.9 Å². The van der Waals surface area contributed by atoms with Crippen LogP contribution in [0.5, 0.6) is 0 Å². The van der Waals surface area contributed by atoms with Gasteiger partial charge in [-0.05, 0) is 31.2 Å². The molecule has 3 aromatic rings. The van der Waals surface area contributed by atoms with Gasteiger partial charge in [-0.15, -0.1) is 5.10 Å².